The van der Waals surface area contributed by atoms with Gasteiger partial charge in [0.1, 0.15) is 17.3 Å². The molecular formula is C19H19ClFNO4. The first kappa shape index (κ1) is 17.5. The lowest BCUT2D eigenvalue weighted by Crippen LogP contribution is -2.40. The minimum absolute atomic E-state index is 0.00629. The van der Waals surface area contributed by atoms with Crippen LogP contribution >= 0.6 is 11.6 Å². The molecule has 0 saturated carbocycles. The summed E-state index contributed by atoms with van der Waals surface area (Å²) in [7, 11) is 0. The molecule has 5 nitrogen and oxygen atoms in total. The van der Waals surface area contributed by atoms with E-state index in [0.717, 1.165) is 12.8 Å². The molecule has 7 heteroatoms. The largest absolute Gasteiger partial charge is 0.465 e. The Bertz CT molecular complexity index is 798. The zero-order valence-electron chi connectivity index (χ0n) is 14.3. The van der Waals surface area contributed by atoms with E-state index in [0.29, 0.717) is 12.3 Å². The van der Waals surface area contributed by atoms with E-state index < -0.39 is 35.3 Å². The summed E-state index contributed by atoms with van der Waals surface area (Å²) in [6, 6.07) is 4.23. The van der Waals surface area contributed by atoms with E-state index in [2.05, 4.69) is 0 Å². The molecule has 4 atom stereocenters. The first-order chi connectivity index (χ1) is 12.5. The number of hydrogen-bond acceptors (Lipinski definition) is 4. The maximum Gasteiger partial charge on any atom is 0.312 e. The number of nitrogens with zero attached hydrogens (tertiary/aromatic N) is 1. The highest BCUT2D eigenvalue weighted by Gasteiger charge is 2.67. The number of rotatable bonds is 5. The molecule has 0 N–H and O–H groups in total. The maximum absolute atomic E-state index is 13.8. The summed E-state index contributed by atoms with van der Waals surface area (Å²) >= 11 is 5.73. The van der Waals surface area contributed by atoms with E-state index >= 15 is 0 Å². The monoisotopic (exact) mass is 379 g/mol. The molecule has 0 aromatic heterocycles. The lowest BCUT2D eigenvalue weighted by molar-refractivity contribution is -0.152. The van der Waals surface area contributed by atoms with Gasteiger partial charge >= 0.3 is 5.97 Å². The number of amides is 1. The van der Waals surface area contributed by atoms with Crippen molar-refractivity contribution in [3.63, 3.8) is 0 Å². The van der Waals surface area contributed by atoms with Crippen LogP contribution in [0.15, 0.2) is 30.4 Å². The number of halogens is 2. The van der Waals surface area contributed by atoms with Gasteiger partial charge in [0, 0.05) is 5.69 Å². The Morgan fingerprint density at radius 1 is 1.50 bits per heavy atom. The number of anilines is 1. The number of hydrogen-bond donors (Lipinski definition) is 0. The summed E-state index contributed by atoms with van der Waals surface area (Å²) in [4.78, 5) is 27.1. The van der Waals surface area contributed by atoms with Crippen LogP contribution in [0.4, 0.5) is 10.1 Å². The third kappa shape index (κ3) is 2.55. The molecular weight excluding hydrogens is 361 g/mol. The molecule has 1 aromatic rings. The van der Waals surface area contributed by atoms with E-state index in [9.17, 15) is 14.0 Å². The predicted molar refractivity (Wildman–Crippen MR) is 93.4 cm³/mol. The van der Waals surface area contributed by atoms with Crippen LogP contribution in [-0.2, 0) is 19.1 Å². The molecule has 138 valence electrons. The SMILES string of the molecule is CCCCOC(=O)[C@H]1[C@H]2C(=O)N(c3ccc(Cl)c(F)c3)C[C@]23C=C[C@H]1O3. The quantitative estimate of drug-likeness (QED) is 0.448. The van der Waals surface area contributed by atoms with Crippen LogP contribution in [-0.4, -0.2) is 36.7 Å². The van der Waals surface area contributed by atoms with Crippen LogP contribution in [0.5, 0.6) is 0 Å². The second-order valence-corrected chi connectivity index (χ2v) is 7.35. The molecule has 26 heavy (non-hydrogen) atoms. The smallest absolute Gasteiger partial charge is 0.312 e. The number of benzene rings is 1. The third-order valence-corrected chi connectivity index (χ3v) is 5.64. The van der Waals surface area contributed by atoms with Crippen LogP contribution in [0.1, 0.15) is 19.8 Å². The van der Waals surface area contributed by atoms with Gasteiger partial charge in [-0.15, -0.1) is 0 Å². The molecule has 3 aliphatic rings. The zero-order valence-corrected chi connectivity index (χ0v) is 15.0. The number of carbonyl (C=O) groups is 2. The normalized spacial score (nSPS) is 31.6. The van der Waals surface area contributed by atoms with Crippen molar-refractivity contribution in [1.29, 1.82) is 0 Å². The van der Waals surface area contributed by atoms with Gasteiger partial charge in [-0.05, 0) is 24.6 Å². The minimum atomic E-state index is -0.855. The average molecular weight is 380 g/mol. The molecule has 2 bridgehead atoms. The van der Waals surface area contributed by atoms with Crippen molar-refractivity contribution in [3.8, 4) is 0 Å². The molecule has 0 radical (unpaired) electrons. The number of carbonyl (C=O) groups excluding carboxylic acids is 2. The molecule has 3 aliphatic heterocycles. The van der Waals surface area contributed by atoms with Crippen LogP contribution < -0.4 is 4.90 Å². The van der Waals surface area contributed by atoms with E-state index in [1.54, 1.807) is 6.07 Å². The summed E-state index contributed by atoms with van der Waals surface area (Å²) in [5.41, 5.74) is -0.453. The van der Waals surface area contributed by atoms with Crippen LogP contribution in [0, 0.1) is 17.7 Å². The summed E-state index contributed by atoms with van der Waals surface area (Å²) in [5.74, 6) is -2.56. The van der Waals surface area contributed by atoms with Crippen LogP contribution in [0.25, 0.3) is 0 Å². The number of unbranched alkanes of at least 4 members (excludes halogenated alkanes) is 1. The van der Waals surface area contributed by atoms with E-state index in [1.165, 1.54) is 17.0 Å². The summed E-state index contributed by atoms with van der Waals surface area (Å²) in [6.07, 6.45) is 4.92. The second kappa shape index (κ2) is 6.35. The first-order valence-corrected chi connectivity index (χ1v) is 9.15. The highest BCUT2D eigenvalue weighted by molar-refractivity contribution is 6.30. The van der Waals surface area contributed by atoms with Gasteiger partial charge in [-0.1, -0.05) is 37.1 Å². The van der Waals surface area contributed by atoms with E-state index in [-0.39, 0.29) is 17.5 Å². The second-order valence-electron chi connectivity index (χ2n) is 6.94. The molecule has 2 fully saturated rings. The van der Waals surface area contributed by atoms with Gasteiger partial charge in [-0.25, -0.2) is 4.39 Å². The highest BCUT2D eigenvalue weighted by Crippen LogP contribution is 2.53. The number of fused-ring (bicyclic) bond motifs is 1. The molecule has 3 heterocycles. The Balaban J connectivity index is 1.60. The fourth-order valence-electron chi connectivity index (χ4n) is 4.05. The fraction of sp³-hybridized carbons (Fsp3) is 0.474. The van der Waals surface area contributed by atoms with Crippen LogP contribution in [0.3, 0.4) is 0 Å². The summed E-state index contributed by atoms with van der Waals surface area (Å²) < 4.78 is 25.2. The molecule has 1 aromatic carbocycles. The third-order valence-electron chi connectivity index (χ3n) is 5.33. The molecule has 0 aliphatic carbocycles. The van der Waals surface area contributed by atoms with Gasteiger partial charge in [0.15, 0.2) is 0 Å². The predicted octanol–water partition coefficient (Wildman–Crippen LogP) is 3.11. The van der Waals surface area contributed by atoms with Gasteiger partial charge in [0.2, 0.25) is 5.91 Å². The fourth-order valence-corrected chi connectivity index (χ4v) is 4.17. The highest BCUT2D eigenvalue weighted by atomic mass is 35.5. The van der Waals surface area contributed by atoms with Crippen molar-refractivity contribution in [2.75, 3.05) is 18.1 Å². The summed E-state index contributed by atoms with van der Waals surface area (Å²) in [5, 5.41) is -0.00629. The minimum Gasteiger partial charge on any atom is -0.465 e. The van der Waals surface area contributed by atoms with Gasteiger partial charge < -0.3 is 14.4 Å². The van der Waals surface area contributed by atoms with Crippen molar-refractivity contribution in [3.05, 3.63) is 41.2 Å². The van der Waals surface area contributed by atoms with Crippen molar-refractivity contribution in [1.82, 2.24) is 0 Å². The molecule has 2 saturated heterocycles. The first-order valence-electron chi connectivity index (χ1n) is 8.77. The van der Waals surface area contributed by atoms with Gasteiger partial charge in [-0.3, -0.25) is 9.59 Å². The van der Waals surface area contributed by atoms with Gasteiger partial charge in [0.05, 0.1) is 30.2 Å². The van der Waals surface area contributed by atoms with Gasteiger partial charge in [-0.2, -0.15) is 0 Å². The Hall–Kier alpha value is -1.92. The standard InChI is InChI=1S/C19H19ClFNO4/c1-2-3-8-25-18(24)15-14-6-7-19(26-14)10-22(17(23)16(15)19)11-4-5-12(20)13(21)9-11/h4-7,9,14-16H,2-3,8,10H2,1H3/t14-,15-,16+,19-/m1/s1. The van der Waals surface area contributed by atoms with E-state index in [1.807, 2.05) is 19.1 Å². The van der Waals surface area contributed by atoms with Crippen molar-refractivity contribution >= 4 is 29.2 Å². The topological polar surface area (TPSA) is 55.8 Å². The summed E-state index contributed by atoms with van der Waals surface area (Å²) in [6.45, 7) is 2.58. The van der Waals surface area contributed by atoms with Crippen molar-refractivity contribution < 1.29 is 23.5 Å². The van der Waals surface area contributed by atoms with E-state index in [4.69, 9.17) is 21.1 Å². The van der Waals surface area contributed by atoms with Crippen molar-refractivity contribution in [2.45, 2.75) is 31.5 Å². The molecule has 4 rings (SSSR count). The zero-order chi connectivity index (χ0) is 18.5. The number of esters is 1. The lowest BCUT2D eigenvalue weighted by Gasteiger charge is -2.22. The van der Waals surface area contributed by atoms with Crippen molar-refractivity contribution in [2.24, 2.45) is 11.8 Å². The molecule has 0 unspecified atom stereocenters. The Kier molecular flexibility index (Phi) is 4.28. The van der Waals surface area contributed by atoms with Gasteiger partial charge in [0.25, 0.3) is 0 Å². The Morgan fingerprint density at radius 3 is 3.04 bits per heavy atom. The maximum atomic E-state index is 13.8. The number of ether oxygens (including phenoxy) is 2. The molecule has 1 amide bonds. The molecule has 1 spiro atoms. The Labute approximate surface area is 155 Å². The lowest BCUT2D eigenvalue weighted by atomic mass is 9.77. The average Bonchev–Trinajstić information content (AvgIpc) is 3.26. The Morgan fingerprint density at radius 2 is 2.31 bits per heavy atom. The van der Waals surface area contributed by atoms with Crippen LogP contribution in [0.2, 0.25) is 5.02 Å².